The molecule has 0 bridgehead atoms. The van der Waals surface area contributed by atoms with Gasteiger partial charge in [0.05, 0.1) is 0 Å². The summed E-state index contributed by atoms with van der Waals surface area (Å²) in [5.74, 6) is 1.05. The van der Waals surface area contributed by atoms with E-state index < -0.39 is 0 Å². The van der Waals surface area contributed by atoms with Crippen molar-refractivity contribution in [2.24, 2.45) is 11.8 Å². The molecule has 1 rings (SSSR count). The SMILES string of the molecule is CCC(C)C(CNC)Cc1ccccc1F. The highest BCUT2D eigenvalue weighted by molar-refractivity contribution is 5.18. The van der Waals surface area contributed by atoms with Crippen LogP contribution in [0.2, 0.25) is 0 Å². The van der Waals surface area contributed by atoms with Crippen LogP contribution in [-0.2, 0) is 6.42 Å². The zero-order valence-electron chi connectivity index (χ0n) is 10.5. The van der Waals surface area contributed by atoms with Crippen LogP contribution in [0.4, 0.5) is 4.39 Å². The Labute approximate surface area is 98.1 Å². The Morgan fingerprint density at radius 1 is 1.31 bits per heavy atom. The van der Waals surface area contributed by atoms with Gasteiger partial charge in [-0.3, -0.25) is 0 Å². The molecule has 0 saturated carbocycles. The molecule has 2 atom stereocenters. The summed E-state index contributed by atoms with van der Waals surface area (Å²) in [5.41, 5.74) is 0.836. The Morgan fingerprint density at radius 2 is 2.00 bits per heavy atom. The monoisotopic (exact) mass is 223 g/mol. The third-order valence-corrected chi connectivity index (χ3v) is 3.35. The fraction of sp³-hybridized carbons (Fsp3) is 0.571. The van der Waals surface area contributed by atoms with E-state index in [1.54, 1.807) is 12.1 Å². The molecule has 0 fully saturated rings. The van der Waals surface area contributed by atoms with Crippen LogP contribution in [-0.4, -0.2) is 13.6 Å². The maximum absolute atomic E-state index is 13.5. The van der Waals surface area contributed by atoms with Crippen LogP contribution in [0.25, 0.3) is 0 Å². The first-order valence-corrected chi connectivity index (χ1v) is 6.07. The van der Waals surface area contributed by atoms with E-state index in [2.05, 4.69) is 19.2 Å². The van der Waals surface area contributed by atoms with Crippen molar-refractivity contribution in [1.82, 2.24) is 5.32 Å². The van der Waals surface area contributed by atoms with Gasteiger partial charge in [0, 0.05) is 0 Å². The molecule has 0 heterocycles. The maximum Gasteiger partial charge on any atom is 0.126 e. The second-order valence-corrected chi connectivity index (χ2v) is 4.50. The van der Waals surface area contributed by atoms with Gasteiger partial charge in [0.1, 0.15) is 5.82 Å². The fourth-order valence-corrected chi connectivity index (χ4v) is 2.02. The highest BCUT2D eigenvalue weighted by atomic mass is 19.1. The van der Waals surface area contributed by atoms with Gasteiger partial charge >= 0.3 is 0 Å². The minimum absolute atomic E-state index is 0.0769. The van der Waals surface area contributed by atoms with E-state index in [0.29, 0.717) is 11.8 Å². The number of hydrogen-bond acceptors (Lipinski definition) is 1. The minimum atomic E-state index is -0.0769. The van der Waals surface area contributed by atoms with Crippen LogP contribution in [0.15, 0.2) is 24.3 Å². The van der Waals surface area contributed by atoms with Crippen LogP contribution >= 0.6 is 0 Å². The topological polar surface area (TPSA) is 12.0 Å². The van der Waals surface area contributed by atoms with Crippen molar-refractivity contribution < 1.29 is 4.39 Å². The molecule has 1 N–H and O–H groups in total. The molecule has 0 radical (unpaired) electrons. The van der Waals surface area contributed by atoms with Crippen molar-refractivity contribution in [3.05, 3.63) is 35.6 Å². The van der Waals surface area contributed by atoms with E-state index in [0.717, 1.165) is 24.9 Å². The Kier molecular flexibility index (Phi) is 5.47. The van der Waals surface area contributed by atoms with Crippen molar-refractivity contribution in [3.63, 3.8) is 0 Å². The van der Waals surface area contributed by atoms with Crippen molar-refractivity contribution in [2.45, 2.75) is 26.7 Å². The average molecular weight is 223 g/mol. The molecule has 0 amide bonds. The van der Waals surface area contributed by atoms with E-state index in [-0.39, 0.29) is 5.82 Å². The zero-order chi connectivity index (χ0) is 12.0. The lowest BCUT2D eigenvalue weighted by Crippen LogP contribution is -2.26. The maximum atomic E-state index is 13.5. The second-order valence-electron chi connectivity index (χ2n) is 4.50. The number of benzene rings is 1. The quantitative estimate of drug-likeness (QED) is 0.780. The normalized spacial score (nSPS) is 14.8. The summed E-state index contributed by atoms with van der Waals surface area (Å²) < 4.78 is 13.5. The molecule has 0 aliphatic rings. The summed E-state index contributed by atoms with van der Waals surface area (Å²) in [5, 5.41) is 3.20. The second kappa shape index (κ2) is 6.64. The van der Waals surface area contributed by atoms with Crippen LogP contribution in [0.1, 0.15) is 25.8 Å². The van der Waals surface area contributed by atoms with Gasteiger partial charge in [0.2, 0.25) is 0 Å². The molecule has 0 saturated heterocycles. The number of halogens is 1. The third-order valence-electron chi connectivity index (χ3n) is 3.35. The van der Waals surface area contributed by atoms with Crippen LogP contribution in [0.3, 0.4) is 0 Å². The Morgan fingerprint density at radius 3 is 2.56 bits per heavy atom. The predicted molar refractivity (Wildman–Crippen MR) is 67.0 cm³/mol. The molecule has 1 nitrogen and oxygen atoms in total. The molecule has 2 unspecified atom stereocenters. The Hall–Kier alpha value is -0.890. The Balaban J connectivity index is 2.71. The van der Waals surface area contributed by atoms with Crippen molar-refractivity contribution >= 4 is 0 Å². The predicted octanol–water partition coefficient (Wildman–Crippen LogP) is 3.25. The summed E-state index contributed by atoms with van der Waals surface area (Å²) in [6.07, 6.45) is 1.96. The van der Waals surface area contributed by atoms with E-state index in [4.69, 9.17) is 0 Å². The van der Waals surface area contributed by atoms with Gasteiger partial charge in [-0.25, -0.2) is 4.39 Å². The van der Waals surface area contributed by atoms with Crippen LogP contribution in [0.5, 0.6) is 0 Å². The standard InChI is InChI=1S/C14H22FN/c1-4-11(2)13(10-16-3)9-12-7-5-6-8-14(12)15/h5-8,11,13,16H,4,9-10H2,1-3H3. The largest absolute Gasteiger partial charge is 0.319 e. The summed E-state index contributed by atoms with van der Waals surface area (Å²) in [4.78, 5) is 0. The number of nitrogens with one attached hydrogen (secondary N) is 1. The van der Waals surface area contributed by atoms with Crippen LogP contribution in [0, 0.1) is 17.7 Å². The molecule has 0 spiro atoms. The fourth-order valence-electron chi connectivity index (χ4n) is 2.02. The minimum Gasteiger partial charge on any atom is -0.319 e. The van der Waals surface area contributed by atoms with Gasteiger partial charge in [0.25, 0.3) is 0 Å². The molecule has 0 aromatic heterocycles. The summed E-state index contributed by atoms with van der Waals surface area (Å²) in [6, 6.07) is 7.09. The van der Waals surface area contributed by atoms with Crippen LogP contribution < -0.4 is 5.32 Å². The van der Waals surface area contributed by atoms with Gasteiger partial charge in [-0.05, 0) is 43.5 Å². The van der Waals surface area contributed by atoms with Gasteiger partial charge in [-0.1, -0.05) is 38.5 Å². The van der Waals surface area contributed by atoms with Gasteiger partial charge in [0.15, 0.2) is 0 Å². The molecule has 0 aliphatic carbocycles. The Bertz CT molecular complexity index is 311. The molecule has 1 aromatic rings. The van der Waals surface area contributed by atoms with Gasteiger partial charge in [-0.15, -0.1) is 0 Å². The third kappa shape index (κ3) is 3.60. The number of rotatable bonds is 6. The number of hydrogen-bond donors (Lipinski definition) is 1. The molecule has 2 heteroatoms. The van der Waals surface area contributed by atoms with E-state index >= 15 is 0 Å². The highest BCUT2D eigenvalue weighted by Crippen LogP contribution is 2.21. The lowest BCUT2D eigenvalue weighted by molar-refractivity contribution is 0.333. The molecule has 1 aromatic carbocycles. The van der Waals surface area contributed by atoms with E-state index in [9.17, 15) is 4.39 Å². The lowest BCUT2D eigenvalue weighted by Gasteiger charge is -2.23. The average Bonchev–Trinajstić information content (AvgIpc) is 2.30. The van der Waals surface area contributed by atoms with E-state index in [1.165, 1.54) is 0 Å². The molecule has 0 aliphatic heterocycles. The zero-order valence-corrected chi connectivity index (χ0v) is 10.5. The smallest absolute Gasteiger partial charge is 0.126 e. The van der Waals surface area contributed by atoms with Crippen molar-refractivity contribution in [2.75, 3.05) is 13.6 Å². The molecule has 90 valence electrons. The molecular formula is C14H22FN. The first-order chi connectivity index (χ1) is 7.69. The summed E-state index contributed by atoms with van der Waals surface area (Å²) >= 11 is 0. The van der Waals surface area contributed by atoms with Crippen molar-refractivity contribution in [1.29, 1.82) is 0 Å². The van der Waals surface area contributed by atoms with E-state index in [1.807, 2.05) is 19.2 Å². The first kappa shape index (κ1) is 13.2. The van der Waals surface area contributed by atoms with Gasteiger partial charge < -0.3 is 5.32 Å². The highest BCUT2D eigenvalue weighted by Gasteiger charge is 2.17. The van der Waals surface area contributed by atoms with Crippen molar-refractivity contribution in [3.8, 4) is 0 Å². The lowest BCUT2D eigenvalue weighted by atomic mass is 9.86. The molecule has 16 heavy (non-hydrogen) atoms. The summed E-state index contributed by atoms with van der Waals surface area (Å²) in [7, 11) is 1.96. The first-order valence-electron chi connectivity index (χ1n) is 6.07. The van der Waals surface area contributed by atoms with Gasteiger partial charge in [-0.2, -0.15) is 0 Å². The molecular weight excluding hydrogens is 201 g/mol. The summed E-state index contributed by atoms with van der Waals surface area (Å²) in [6.45, 7) is 5.38.